The van der Waals surface area contributed by atoms with Crippen molar-refractivity contribution in [3.05, 3.63) is 77.5 Å². The van der Waals surface area contributed by atoms with Gasteiger partial charge in [0.1, 0.15) is 5.82 Å². The van der Waals surface area contributed by atoms with Gasteiger partial charge < -0.3 is 10.2 Å². The number of aromatic nitrogens is 1. The highest BCUT2D eigenvalue weighted by molar-refractivity contribution is 6.05. The SMILES string of the molecule is Cc1ccc(C(=O)Nc2ccc(N3CCCCCC3)nc2)cc1-c1ccc(C(C)C)cc1. The molecule has 0 radical (unpaired) electrons. The Hall–Kier alpha value is -3.14. The van der Waals surface area contributed by atoms with Crippen LogP contribution in [0.25, 0.3) is 11.1 Å². The molecule has 0 unspecified atom stereocenters. The van der Waals surface area contributed by atoms with E-state index in [2.05, 4.69) is 60.2 Å². The van der Waals surface area contributed by atoms with E-state index in [-0.39, 0.29) is 5.91 Å². The average molecular weight is 428 g/mol. The molecule has 1 aliphatic heterocycles. The number of aryl methyl sites for hydroxylation is 1. The van der Waals surface area contributed by atoms with Gasteiger partial charge in [0.15, 0.2) is 0 Å². The largest absolute Gasteiger partial charge is 0.357 e. The zero-order chi connectivity index (χ0) is 22.5. The summed E-state index contributed by atoms with van der Waals surface area (Å²) in [6.45, 7) is 8.59. The molecule has 166 valence electrons. The number of benzene rings is 2. The fourth-order valence-electron chi connectivity index (χ4n) is 4.27. The number of nitrogens with one attached hydrogen (secondary N) is 1. The zero-order valence-corrected chi connectivity index (χ0v) is 19.4. The normalized spacial score (nSPS) is 14.3. The third kappa shape index (κ3) is 5.18. The molecule has 0 saturated carbocycles. The van der Waals surface area contributed by atoms with Crippen LogP contribution in [0.2, 0.25) is 0 Å². The molecule has 1 aliphatic rings. The summed E-state index contributed by atoms with van der Waals surface area (Å²) in [6.07, 6.45) is 6.79. The topological polar surface area (TPSA) is 45.2 Å². The summed E-state index contributed by atoms with van der Waals surface area (Å²) < 4.78 is 0. The molecule has 0 aliphatic carbocycles. The van der Waals surface area contributed by atoms with Crippen molar-refractivity contribution >= 4 is 17.4 Å². The number of carbonyl (C=O) groups is 1. The summed E-state index contributed by atoms with van der Waals surface area (Å²) >= 11 is 0. The maximum absolute atomic E-state index is 12.9. The van der Waals surface area contributed by atoms with E-state index in [0.717, 1.165) is 41.3 Å². The van der Waals surface area contributed by atoms with E-state index in [1.807, 2.05) is 30.3 Å². The summed E-state index contributed by atoms with van der Waals surface area (Å²) in [7, 11) is 0. The number of nitrogens with zero attached hydrogens (tertiary/aromatic N) is 2. The smallest absolute Gasteiger partial charge is 0.255 e. The Morgan fingerprint density at radius 3 is 2.28 bits per heavy atom. The van der Waals surface area contributed by atoms with Crippen molar-refractivity contribution in [3.8, 4) is 11.1 Å². The minimum atomic E-state index is -0.116. The van der Waals surface area contributed by atoms with E-state index >= 15 is 0 Å². The van der Waals surface area contributed by atoms with Crippen molar-refractivity contribution in [2.24, 2.45) is 0 Å². The molecule has 4 nitrogen and oxygen atoms in total. The van der Waals surface area contributed by atoms with Gasteiger partial charge in [-0.1, -0.05) is 57.0 Å². The maximum Gasteiger partial charge on any atom is 0.255 e. The number of pyridine rings is 1. The molecule has 1 N–H and O–H groups in total. The summed E-state index contributed by atoms with van der Waals surface area (Å²) in [6, 6.07) is 18.5. The lowest BCUT2D eigenvalue weighted by Gasteiger charge is -2.21. The van der Waals surface area contributed by atoms with Crippen molar-refractivity contribution in [2.75, 3.05) is 23.3 Å². The second-order valence-electron chi connectivity index (χ2n) is 9.07. The van der Waals surface area contributed by atoms with Crippen LogP contribution < -0.4 is 10.2 Å². The van der Waals surface area contributed by atoms with Crippen LogP contribution in [0.1, 0.15) is 66.9 Å². The van der Waals surface area contributed by atoms with E-state index in [1.165, 1.54) is 31.2 Å². The molecule has 2 heterocycles. The summed E-state index contributed by atoms with van der Waals surface area (Å²) in [5.74, 6) is 1.38. The molecule has 0 atom stereocenters. The van der Waals surface area contributed by atoms with Crippen LogP contribution in [-0.2, 0) is 0 Å². The quantitative estimate of drug-likeness (QED) is 0.486. The van der Waals surface area contributed by atoms with Gasteiger partial charge in [0.05, 0.1) is 11.9 Å². The van der Waals surface area contributed by atoms with Crippen LogP contribution in [0.15, 0.2) is 60.8 Å². The lowest BCUT2D eigenvalue weighted by Crippen LogP contribution is -2.24. The van der Waals surface area contributed by atoms with Crippen LogP contribution in [-0.4, -0.2) is 24.0 Å². The number of rotatable bonds is 5. The van der Waals surface area contributed by atoms with Crippen LogP contribution in [0, 0.1) is 6.92 Å². The third-order valence-corrected chi connectivity index (χ3v) is 6.32. The van der Waals surface area contributed by atoms with E-state index in [1.54, 1.807) is 6.20 Å². The first-order chi connectivity index (χ1) is 15.5. The van der Waals surface area contributed by atoms with E-state index in [4.69, 9.17) is 0 Å². The van der Waals surface area contributed by atoms with Gasteiger partial charge in [0, 0.05) is 18.7 Å². The van der Waals surface area contributed by atoms with Gasteiger partial charge in [-0.15, -0.1) is 0 Å². The second-order valence-corrected chi connectivity index (χ2v) is 9.07. The minimum Gasteiger partial charge on any atom is -0.357 e. The number of hydrogen-bond donors (Lipinski definition) is 1. The number of amides is 1. The Morgan fingerprint density at radius 1 is 0.938 bits per heavy atom. The van der Waals surface area contributed by atoms with Crippen molar-refractivity contribution in [1.82, 2.24) is 4.98 Å². The number of carbonyl (C=O) groups excluding carboxylic acids is 1. The molecule has 1 amide bonds. The molecule has 0 bridgehead atoms. The van der Waals surface area contributed by atoms with Crippen LogP contribution in [0.4, 0.5) is 11.5 Å². The molecule has 1 aromatic heterocycles. The highest BCUT2D eigenvalue weighted by Gasteiger charge is 2.13. The van der Waals surface area contributed by atoms with Gasteiger partial charge in [-0.3, -0.25) is 4.79 Å². The average Bonchev–Trinajstić information content (AvgIpc) is 3.09. The predicted molar refractivity (Wildman–Crippen MR) is 134 cm³/mol. The van der Waals surface area contributed by atoms with Crippen molar-refractivity contribution in [2.45, 2.75) is 52.4 Å². The van der Waals surface area contributed by atoms with Crippen LogP contribution in [0.5, 0.6) is 0 Å². The number of anilines is 2. The van der Waals surface area contributed by atoms with Crippen LogP contribution in [0.3, 0.4) is 0 Å². The van der Waals surface area contributed by atoms with Gasteiger partial charge in [-0.05, 0) is 72.2 Å². The summed E-state index contributed by atoms with van der Waals surface area (Å²) in [4.78, 5) is 19.9. The maximum atomic E-state index is 12.9. The lowest BCUT2D eigenvalue weighted by atomic mass is 9.95. The fourth-order valence-corrected chi connectivity index (χ4v) is 4.27. The molecule has 2 aromatic carbocycles. The zero-order valence-electron chi connectivity index (χ0n) is 19.4. The highest BCUT2D eigenvalue weighted by Crippen LogP contribution is 2.27. The lowest BCUT2D eigenvalue weighted by molar-refractivity contribution is 0.102. The van der Waals surface area contributed by atoms with Gasteiger partial charge in [0.2, 0.25) is 0 Å². The van der Waals surface area contributed by atoms with Gasteiger partial charge in [0.25, 0.3) is 5.91 Å². The van der Waals surface area contributed by atoms with Crippen molar-refractivity contribution in [3.63, 3.8) is 0 Å². The molecule has 4 rings (SSSR count). The first-order valence-corrected chi connectivity index (χ1v) is 11.7. The molecule has 3 aromatic rings. The molecule has 1 fully saturated rings. The van der Waals surface area contributed by atoms with E-state index in [9.17, 15) is 4.79 Å². The summed E-state index contributed by atoms with van der Waals surface area (Å²) in [5.41, 5.74) is 6.05. The van der Waals surface area contributed by atoms with E-state index in [0.29, 0.717) is 11.5 Å². The first-order valence-electron chi connectivity index (χ1n) is 11.7. The molecule has 4 heteroatoms. The Morgan fingerprint density at radius 2 is 1.66 bits per heavy atom. The Balaban J connectivity index is 1.48. The first kappa shape index (κ1) is 22.1. The Bertz CT molecular complexity index is 1050. The molecule has 1 saturated heterocycles. The monoisotopic (exact) mass is 427 g/mol. The summed E-state index contributed by atoms with van der Waals surface area (Å²) in [5, 5.41) is 3.00. The number of hydrogen-bond acceptors (Lipinski definition) is 3. The predicted octanol–water partition coefficient (Wildman–Crippen LogP) is 6.81. The third-order valence-electron chi connectivity index (χ3n) is 6.32. The fraction of sp³-hybridized carbons (Fsp3) is 0.357. The highest BCUT2D eigenvalue weighted by atomic mass is 16.1. The molecule has 0 spiro atoms. The van der Waals surface area contributed by atoms with Gasteiger partial charge in [-0.25, -0.2) is 4.98 Å². The molecular weight excluding hydrogens is 394 g/mol. The standard InChI is InChI=1S/C28H33N3O/c1-20(2)22-10-12-23(13-11-22)26-18-24(9-8-21(26)3)28(32)30-25-14-15-27(29-19-25)31-16-6-4-5-7-17-31/h8-15,18-20H,4-7,16-17H2,1-3H3,(H,30,32). The minimum absolute atomic E-state index is 0.116. The Labute approximate surface area is 191 Å². The molecule has 32 heavy (non-hydrogen) atoms. The second kappa shape index (κ2) is 9.99. The van der Waals surface area contributed by atoms with Gasteiger partial charge in [-0.2, -0.15) is 0 Å². The van der Waals surface area contributed by atoms with Crippen molar-refractivity contribution < 1.29 is 4.79 Å². The van der Waals surface area contributed by atoms with Crippen LogP contribution >= 0.6 is 0 Å². The van der Waals surface area contributed by atoms with Crippen molar-refractivity contribution in [1.29, 1.82) is 0 Å². The molecular formula is C28H33N3O. The Kier molecular flexibility index (Phi) is 6.89. The van der Waals surface area contributed by atoms with Gasteiger partial charge >= 0.3 is 0 Å². The van der Waals surface area contributed by atoms with E-state index < -0.39 is 0 Å².